The van der Waals surface area contributed by atoms with Gasteiger partial charge >= 0.3 is 0 Å². The van der Waals surface area contributed by atoms with Crippen molar-refractivity contribution in [2.75, 3.05) is 36.8 Å². The molecule has 3 rings (SSSR count). The number of hydrogen-bond acceptors (Lipinski definition) is 6. The lowest BCUT2D eigenvalue weighted by molar-refractivity contribution is 0.238. The number of nitrogens with zero attached hydrogens (tertiary/aromatic N) is 6. The number of nitrogen functional groups attached to an aromatic ring is 1. The molecule has 0 atom stereocenters. The first-order valence-electron chi connectivity index (χ1n) is 7.50. The van der Waals surface area contributed by atoms with Gasteiger partial charge < -0.3 is 10.6 Å². The van der Waals surface area contributed by atoms with Crippen LogP contribution in [-0.2, 0) is 7.05 Å². The van der Waals surface area contributed by atoms with Gasteiger partial charge in [0.25, 0.3) is 0 Å². The minimum Gasteiger partial charge on any atom is -0.383 e. The number of fused-ring (bicyclic) bond motifs is 1. The molecule has 0 bridgehead atoms. The second-order valence-electron chi connectivity index (χ2n) is 5.88. The fourth-order valence-electron chi connectivity index (χ4n) is 2.83. The SMILES string of the molecule is CC(C)N1CCCN(c2nc(N)c3cnn(C)c3n2)CC1. The summed E-state index contributed by atoms with van der Waals surface area (Å²) < 4.78 is 1.75. The van der Waals surface area contributed by atoms with Gasteiger partial charge in [-0.25, -0.2) is 0 Å². The molecule has 3 heterocycles. The molecule has 1 saturated heterocycles. The molecule has 2 aromatic rings. The number of aromatic nitrogens is 4. The van der Waals surface area contributed by atoms with Crippen molar-refractivity contribution in [3.8, 4) is 0 Å². The van der Waals surface area contributed by atoms with Crippen molar-refractivity contribution in [1.82, 2.24) is 24.6 Å². The van der Waals surface area contributed by atoms with Gasteiger partial charge in [-0.3, -0.25) is 9.58 Å². The van der Waals surface area contributed by atoms with Crippen LogP contribution in [0.5, 0.6) is 0 Å². The van der Waals surface area contributed by atoms with E-state index in [1.165, 1.54) is 0 Å². The van der Waals surface area contributed by atoms with Crippen LogP contribution < -0.4 is 10.6 Å². The Bertz CT molecular complexity index is 634. The molecule has 0 saturated carbocycles. The maximum atomic E-state index is 6.05. The van der Waals surface area contributed by atoms with Gasteiger partial charge in [-0.05, 0) is 20.3 Å². The van der Waals surface area contributed by atoms with Gasteiger partial charge in [0.1, 0.15) is 5.82 Å². The number of hydrogen-bond donors (Lipinski definition) is 1. The lowest BCUT2D eigenvalue weighted by Crippen LogP contribution is -2.35. The quantitative estimate of drug-likeness (QED) is 0.884. The first kappa shape index (κ1) is 14.1. The van der Waals surface area contributed by atoms with Gasteiger partial charge in [-0.2, -0.15) is 15.1 Å². The third-order valence-corrected chi connectivity index (χ3v) is 4.15. The summed E-state index contributed by atoms with van der Waals surface area (Å²) in [5.41, 5.74) is 6.84. The highest BCUT2D eigenvalue weighted by Gasteiger charge is 2.20. The minimum absolute atomic E-state index is 0.507. The summed E-state index contributed by atoms with van der Waals surface area (Å²) in [5.74, 6) is 1.22. The molecule has 0 aliphatic carbocycles. The Morgan fingerprint density at radius 3 is 2.71 bits per heavy atom. The van der Waals surface area contributed by atoms with Crippen molar-refractivity contribution < 1.29 is 0 Å². The second-order valence-corrected chi connectivity index (χ2v) is 5.88. The molecule has 0 spiro atoms. The number of anilines is 2. The molecule has 1 fully saturated rings. The third kappa shape index (κ3) is 2.65. The molecule has 2 aromatic heterocycles. The highest BCUT2D eigenvalue weighted by molar-refractivity contribution is 5.86. The Kier molecular flexibility index (Phi) is 3.67. The van der Waals surface area contributed by atoms with Crippen LogP contribution in [0.1, 0.15) is 20.3 Å². The molecular weight excluding hydrogens is 266 g/mol. The van der Waals surface area contributed by atoms with Gasteiger partial charge in [0, 0.05) is 39.3 Å². The highest BCUT2D eigenvalue weighted by atomic mass is 15.3. The monoisotopic (exact) mass is 289 g/mol. The zero-order chi connectivity index (χ0) is 15.0. The molecule has 0 radical (unpaired) electrons. The van der Waals surface area contributed by atoms with Crippen LogP contribution >= 0.6 is 0 Å². The normalized spacial score (nSPS) is 17.6. The summed E-state index contributed by atoms with van der Waals surface area (Å²) in [6.45, 7) is 8.53. The maximum absolute atomic E-state index is 6.05. The Balaban J connectivity index is 1.88. The van der Waals surface area contributed by atoms with Crippen LogP contribution in [-0.4, -0.2) is 56.9 Å². The van der Waals surface area contributed by atoms with Crippen LogP contribution in [0.15, 0.2) is 6.20 Å². The first-order chi connectivity index (χ1) is 10.1. The predicted octanol–water partition coefficient (Wildman–Crippen LogP) is 0.866. The van der Waals surface area contributed by atoms with E-state index >= 15 is 0 Å². The van der Waals surface area contributed by atoms with Gasteiger partial charge in [-0.15, -0.1) is 0 Å². The van der Waals surface area contributed by atoms with Crippen LogP contribution in [0.3, 0.4) is 0 Å². The van der Waals surface area contributed by atoms with E-state index in [2.05, 4.69) is 38.7 Å². The molecular formula is C14H23N7. The van der Waals surface area contributed by atoms with E-state index in [1.807, 2.05) is 7.05 Å². The van der Waals surface area contributed by atoms with E-state index in [0.717, 1.165) is 43.6 Å². The number of nitrogens with two attached hydrogens (primary N) is 1. The van der Waals surface area contributed by atoms with Crippen molar-refractivity contribution in [1.29, 1.82) is 0 Å². The summed E-state index contributed by atoms with van der Waals surface area (Å²) in [5, 5.41) is 5.02. The molecule has 114 valence electrons. The Labute approximate surface area is 124 Å². The number of rotatable bonds is 2. The smallest absolute Gasteiger partial charge is 0.229 e. The van der Waals surface area contributed by atoms with E-state index < -0.39 is 0 Å². The van der Waals surface area contributed by atoms with Gasteiger partial charge in [0.15, 0.2) is 5.65 Å². The van der Waals surface area contributed by atoms with Crippen LogP contribution in [0.2, 0.25) is 0 Å². The lowest BCUT2D eigenvalue weighted by Gasteiger charge is -2.24. The van der Waals surface area contributed by atoms with Gasteiger partial charge in [-0.1, -0.05) is 0 Å². The Hall–Kier alpha value is -1.89. The summed E-state index contributed by atoms with van der Waals surface area (Å²) in [6.07, 6.45) is 2.84. The van der Waals surface area contributed by atoms with Crippen molar-refractivity contribution in [3.05, 3.63) is 6.20 Å². The summed E-state index contributed by atoms with van der Waals surface area (Å²) >= 11 is 0. The van der Waals surface area contributed by atoms with E-state index in [9.17, 15) is 0 Å². The molecule has 7 heteroatoms. The van der Waals surface area contributed by atoms with E-state index in [4.69, 9.17) is 5.73 Å². The average molecular weight is 289 g/mol. The summed E-state index contributed by atoms with van der Waals surface area (Å²) in [4.78, 5) is 13.8. The minimum atomic E-state index is 0.507. The zero-order valence-electron chi connectivity index (χ0n) is 13.0. The summed E-state index contributed by atoms with van der Waals surface area (Å²) in [6, 6.07) is 0.579. The van der Waals surface area contributed by atoms with Gasteiger partial charge in [0.05, 0.1) is 11.6 Å². The van der Waals surface area contributed by atoms with Gasteiger partial charge in [0.2, 0.25) is 5.95 Å². The highest BCUT2D eigenvalue weighted by Crippen LogP contribution is 2.21. The molecule has 0 unspecified atom stereocenters. The predicted molar refractivity (Wildman–Crippen MR) is 84.3 cm³/mol. The molecule has 1 aliphatic rings. The van der Waals surface area contributed by atoms with Crippen molar-refractivity contribution in [2.24, 2.45) is 7.05 Å². The lowest BCUT2D eigenvalue weighted by atomic mass is 10.3. The van der Waals surface area contributed by atoms with E-state index in [1.54, 1.807) is 10.9 Å². The Morgan fingerprint density at radius 1 is 1.14 bits per heavy atom. The molecule has 0 aromatic carbocycles. The first-order valence-corrected chi connectivity index (χ1v) is 7.50. The van der Waals surface area contributed by atoms with Crippen molar-refractivity contribution in [3.63, 3.8) is 0 Å². The van der Waals surface area contributed by atoms with E-state index in [0.29, 0.717) is 17.8 Å². The molecule has 1 aliphatic heterocycles. The second kappa shape index (κ2) is 5.48. The molecule has 0 amide bonds. The van der Waals surface area contributed by atoms with E-state index in [-0.39, 0.29) is 0 Å². The molecule has 7 nitrogen and oxygen atoms in total. The maximum Gasteiger partial charge on any atom is 0.229 e. The van der Waals surface area contributed by atoms with Crippen LogP contribution in [0.4, 0.5) is 11.8 Å². The third-order valence-electron chi connectivity index (χ3n) is 4.15. The fourth-order valence-corrected chi connectivity index (χ4v) is 2.83. The average Bonchev–Trinajstić information content (AvgIpc) is 2.69. The van der Waals surface area contributed by atoms with Crippen molar-refractivity contribution >= 4 is 22.8 Å². The van der Waals surface area contributed by atoms with Crippen LogP contribution in [0.25, 0.3) is 11.0 Å². The summed E-state index contributed by atoms with van der Waals surface area (Å²) in [7, 11) is 1.88. The number of aryl methyl sites for hydroxylation is 1. The zero-order valence-corrected chi connectivity index (χ0v) is 13.0. The molecule has 2 N–H and O–H groups in total. The largest absolute Gasteiger partial charge is 0.383 e. The Morgan fingerprint density at radius 2 is 1.95 bits per heavy atom. The standard InChI is InChI=1S/C14H23N7/c1-10(2)20-5-4-6-21(8-7-20)14-17-12(15)11-9-16-19(3)13(11)18-14/h9-10H,4-8H2,1-3H3,(H2,15,17,18). The fraction of sp³-hybridized carbons (Fsp3) is 0.643. The van der Waals surface area contributed by atoms with Crippen LogP contribution in [0, 0.1) is 0 Å². The molecule has 21 heavy (non-hydrogen) atoms. The van der Waals surface area contributed by atoms with Crippen molar-refractivity contribution in [2.45, 2.75) is 26.3 Å². The topological polar surface area (TPSA) is 76.1 Å².